The van der Waals surface area contributed by atoms with Gasteiger partial charge in [0.25, 0.3) is 11.7 Å². The quantitative estimate of drug-likeness (QED) is 0.151. The Bertz CT molecular complexity index is 1680. The average Bonchev–Trinajstić information content (AvgIpc) is 3.27. The molecule has 3 aliphatic heterocycles. The normalized spacial score (nSPS) is 41.3. The van der Waals surface area contributed by atoms with Crippen molar-refractivity contribution in [2.24, 2.45) is 41.4 Å². The predicted octanol–water partition coefficient (Wildman–Crippen LogP) is 5.61. The van der Waals surface area contributed by atoms with Crippen LogP contribution >= 0.6 is 0 Å². The smallest absolute Gasteiger partial charge is 0.329 e. The largest absolute Gasteiger partial charge is 0.460 e. The molecule has 3 fully saturated rings. The van der Waals surface area contributed by atoms with Crippen LogP contribution in [0.25, 0.3) is 0 Å². The summed E-state index contributed by atoms with van der Waals surface area (Å²) in [6, 6.07) is -1.15. The number of esters is 1. The van der Waals surface area contributed by atoms with Crippen LogP contribution in [0.4, 0.5) is 0 Å². The summed E-state index contributed by atoms with van der Waals surface area (Å²) in [7, 11) is 3.16. The molecule has 4 N–H and O–H groups in total. The van der Waals surface area contributed by atoms with Gasteiger partial charge in [-0.15, -0.1) is 0 Å². The number of ether oxygens (including phenoxy) is 4. The van der Waals surface area contributed by atoms with E-state index in [9.17, 15) is 44.4 Å². The van der Waals surface area contributed by atoms with Crippen LogP contribution in [0.5, 0.6) is 0 Å². The molecule has 2 saturated heterocycles. The van der Waals surface area contributed by atoms with Gasteiger partial charge in [-0.2, -0.15) is 0 Å². The number of fused-ring (bicyclic) bond motifs is 3. The summed E-state index contributed by atoms with van der Waals surface area (Å²) in [5, 5.41) is 44.5. The molecule has 1 unspecified atom stereocenters. The number of cyclic esters (lactones) is 1. The van der Waals surface area contributed by atoms with Crippen molar-refractivity contribution in [1.82, 2.24) is 4.90 Å². The monoisotopic (exact) mass is 902 g/mol. The Hall–Kier alpha value is -3.11. The molecular formula is C50H79NO13. The van der Waals surface area contributed by atoms with E-state index in [0.29, 0.717) is 70.6 Å². The van der Waals surface area contributed by atoms with Gasteiger partial charge in [-0.25, -0.2) is 4.79 Å². The number of methoxy groups -OCH3 is 2. The summed E-state index contributed by atoms with van der Waals surface area (Å²) in [5.74, 6) is -8.44. The predicted molar refractivity (Wildman–Crippen MR) is 240 cm³/mol. The first kappa shape index (κ1) is 53.5. The number of rotatable bonds is 5. The summed E-state index contributed by atoms with van der Waals surface area (Å²) in [6.07, 6.45) is 9.29. The first-order chi connectivity index (χ1) is 30.2. The summed E-state index contributed by atoms with van der Waals surface area (Å²) in [5.41, 5.74) is 0.249. The van der Waals surface area contributed by atoms with Gasteiger partial charge < -0.3 is 44.3 Å². The summed E-state index contributed by atoms with van der Waals surface area (Å²) >= 11 is 0. The Balaban J connectivity index is 1.67. The van der Waals surface area contributed by atoms with E-state index >= 15 is 0 Å². The van der Waals surface area contributed by atoms with Crippen molar-refractivity contribution >= 4 is 29.2 Å². The highest BCUT2D eigenvalue weighted by atomic mass is 16.6. The molecule has 14 heteroatoms. The zero-order valence-corrected chi connectivity index (χ0v) is 39.9. The highest BCUT2D eigenvalue weighted by molar-refractivity contribution is 6.39. The molecule has 0 aromatic carbocycles. The lowest BCUT2D eigenvalue weighted by Gasteiger charge is -2.43. The summed E-state index contributed by atoms with van der Waals surface area (Å²) in [4.78, 5) is 71.2. The number of allylic oxidation sites excluding steroid dienone is 5. The number of aliphatic hydroxyl groups is 4. The Morgan fingerprint density at radius 2 is 1.56 bits per heavy atom. The molecule has 1 amide bonds. The van der Waals surface area contributed by atoms with Crippen molar-refractivity contribution in [3.05, 3.63) is 36.0 Å². The van der Waals surface area contributed by atoms with Gasteiger partial charge >= 0.3 is 5.97 Å². The molecule has 16 atom stereocenters. The molecule has 1 aliphatic carbocycles. The van der Waals surface area contributed by atoms with Crippen LogP contribution in [0.1, 0.15) is 132 Å². The van der Waals surface area contributed by atoms with Crippen LogP contribution in [-0.4, -0.2) is 130 Å². The second-order valence-corrected chi connectivity index (χ2v) is 19.8. The third-order valence-corrected chi connectivity index (χ3v) is 14.6. The minimum atomic E-state index is -2.42. The van der Waals surface area contributed by atoms with E-state index in [2.05, 4.69) is 0 Å². The van der Waals surface area contributed by atoms with Crippen LogP contribution < -0.4 is 0 Å². The van der Waals surface area contributed by atoms with E-state index in [1.807, 2.05) is 45.1 Å². The SMILES string of the molecule is CO[C@H]1C[C@@H]2CC[C@@H](C)[C@@](O)(O2)C(=O)C(=O)N2CCCC[C@H]2C(=O)O[C@H]([C@H](C)C[C@@H]2CC[C@@H](O)[C@H](OC)C2)CC(=O)[C@H](C)/C=C(/C)[C@@H](O)[C@@H](O)C(=O)[C@H](C)C[C@H](C)/C=C/C=C/CC1C. The van der Waals surface area contributed by atoms with Gasteiger partial charge in [-0.3, -0.25) is 19.2 Å². The molecule has 0 radical (unpaired) electrons. The Morgan fingerprint density at radius 3 is 2.25 bits per heavy atom. The standard InChI is InChI=1S/C50H79NO13/c1-29-15-11-10-12-16-30(2)41(61-8)27-37-20-18-35(7)50(60,64-37)47(57)48(58)51-22-14-13-17-38(51)49(59)63-42(32(4)25-36-19-21-39(52)43(26-36)62-9)28-40(53)31(3)24-34(6)45(55)46(56)44(54)33(5)23-29/h10-12,15,24,29-33,35-39,41-43,45-46,52,55-56,60H,13-14,16-23,25-28H2,1-9H3/b12-10+,15-11+,34-24-/t29-,30?,31-,32-,33-,35-,36+,37+,38+,39-,41+,42+,43-,45-,46+,50-/m1/s1. The van der Waals surface area contributed by atoms with Crippen molar-refractivity contribution in [2.75, 3.05) is 20.8 Å². The molecule has 2 bridgehead atoms. The lowest BCUT2D eigenvalue weighted by atomic mass is 9.78. The van der Waals surface area contributed by atoms with Crippen LogP contribution in [0.3, 0.4) is 0 Å². The molecule has 0 aromatic rings. The first-order valence-electron chi connectivity index (χ1n) is 23.9. The van der Waals surface area contributed by atoms with Gasteiger partial charge in [-0.1, -0.05) is 71.9 Å². The highest BCUT2D eigenvalue weighted by Crippen LogP contribution is 2.38. The van der Waals surface area contributed by atoms with Gasteiger partial charge in [-0.05, 0) is 107 Å². The Labute approximate surface area is 381 Å². The fraction of sp³-hybridized carbons (Fsp3) is 0.780. The van der Waals surface area contributed by atoms with Crippen molar-refractivity contribution in [1.29, 1.82) is 0 Å². The van der Waals surface area contributed by atoms with Crippen molar-refractivity contribution in [2.45, 2.75) is 186 Å². The topological polar surface area (TPSA) is 206 Å². The van der Waals surface area contributed by atoms with Gasteiger partial charge in [0.05, 0.1) is 24.4 Å². The number of piperidine rings is 1. The van der Waals surface area contributed by atoms with Crippen LogP contribution in [-0.2, 0) is 42.9 Å². The number of Topliss-reactive ketones (excluding diaryl/α,β-unsaturated/α-hetero) is 3. The number of amides is 1. The Kier molecular flexibility index (Phi) is 20.6. The molecule has 1 saturated carbocycles. The number of carbonyl (C=O) groups excluding carboxylic acids is 5. The molecule has 4 aliphatic rings. The molecule has 0 spiro atoms. The number of hydrogen-bond donors (Lipinski definition) is 4. The molecule has 362 valence electrons. The van der Waals surface area contributed by atoms with Gasteiger partial charge in [0.2, 0.25) is 5.79 Å². The van der Waals surface area contributed by atoms with Gasteiger partial charge in [0, 0.05) is 51.4 Å². The van der Waals surface area contributed by atoms with E-state index < -0.39 is 83.5 Å². The van der Waals surface area contributed by atoms with Gasteiger partial charge in [0.15, 0.2) is 5.78 Å². The van der Waals surface area contributed by atoms with Crippen LogP contribution in [0.15, 0.2) is 36.0 Å². The maximum absolute atomic E-state index is 14.3. The molecule has 64 heavy (non-hydrogen) atoms. The van der Waals surface area contributed by atoms with Gasteiger partial charge in [0.1, 0.15) is 30.1 Å². The fourth-order valence-electron chi connectivity index (χ4n) is 10.2. The Morgan fingerprint density at radius 1 is 0.859 bits per heavy atom. The minimum absolute atomic E-state index is 0.0158. The zero-order valence-electron chi connectivity index (χ0n) is 39.9. The van der Waals surface area contributed by atoms with Crippen LogP contribution in [0.2, 0.25) is 0 Å². The number of aliphatic hydroxyl groups excluding tert-OH is 3. The lowest BCUT2D eigenvalue weighted by Crippen LogP contribution is -2.61. The van der Waals surface area contributed by atoms with E-state index in [4.69, 9.17) is 18.9 Å². The molecule has 3 heterocycles. The fourth-order valence-corrected chi connectivity index (χ4v) is 10.2. The van der Waals surface area contributed by atoms with E-state index in [1.165, 1.54) is 11.0 Å². The zero-order chi connectivity index (χ0) is 47.5. The molecule has 4 rings (SSSR count). The number of carbonyl (C=O) groups is 5. The second kappa shape index (κ2) is 24.6. The van der Waals surface area contributed by atoms with E-state index in [-0.39, 0.29) is 66.6 Å². The second-order valence-electron chi connectivity index (χ2n) is 19.8. The molecule has 0 aromatic heterocycles. The number of nitrogens with zero attached hydrogens (tertiary/aromatic N) is 1. The van der Waals surface area contributed by atoms with E-state index in [1.54, 1.807) is 41.9 Å². The van der Waals surface area contributed by atoms with E-state index in [0.717, 1.165) is 0 Å². The van der Waals surface area contributed by atoms with Crippen molar-refractivity contribution < 1.29 is 63.3 Å². The summed E-state index contributed by atoms with van der Waals surface area (Å²) in [6.45, 7) is 12.6. The third kappa shape index (κ3) is 14.0. The lowest BCUT2D eigenvalue weighted by molar-refractivity contribution is -0.267. The maximum Gasteiger partial charge on any atom is 0.329 e. The highest BCUT2D eigenvalue weighted by Gasteiger charge is 2.53. The number of hydrogen-bond acceptors (Lipinski definition) is 13. The average molecular weight is 902 g/mol. The molecule has 14 nitrogen and oxygen atoms in total. The van der Waals surface area contributed by atoms with Crippen molar-refractivity contribution in [3.8, 4) is 0 Å². The molecular weight excluding hydrogens is 823 g/mol. The number of ketones is 3. The van der Waals surface area contributed by atoms with Crippen molar-refractivity contribution in [3.63, 3.8) is 0 Å². The third-order valence-electron chi connectivity index (χ3n) is 14.6. The first-order valence-corrected chi connectivity index (χ1v) is 23.9. The minimum Gasteiger partial charge on any atom is -0.460 e. The van der Waals surface area contributed by atoms with Crippen LogP contribution in [0, 0.1) is 41.4 Å². The maximum atomic E-state index is 14.3. The summed E-state index contributed by atoms with van der Waals surface area (Å²) < 4.78 is 23.8.